The fourth-order valence-corrected chi connectivity index (χ4v) is 3.33. The number of hydrogen-bond donors (Lipinski definition) is 3. The standard InChI is InChI=1S/C19H24N10O/c1-13(30)27-7-2-8-28(10-9-27)16-11-17(23-12-22-16)29-18(21)25-19(26-29)24-15-5-3-14(20)4-6-15/h3-6,11-12H,2,7-10,20H2,1H3,(H3,21,24,25,26). The van der Waals surface area contributed by atoms with Crippen LogP contribution in [0.4, 0.5) is 29.1 Å². The van der Waals surface area contributed by atoms with Crippen molar-refractivity contribution in [3.8, 4) is 5.82 Å². The average molecular weight is 408 g/mol. The van der Waals surface area contributed by atoms with E-state index in [0.29, 0.717) is 30.5 Å². The van der Waals surface area contributed by atoms with Crippen molar-refractivity contribution in [2.75, 3.05) is 47.9 Å². The van der Waals surface area contributed by atoms with Crippen molar-refractivity contribution < 1.29 is 4.79 Å². The Morgan fingerprint density at radius 2 is 1.80 bits per heavy atom. The highest BCUT2D eigenvalue weighted by Crippen LogP contribution is 2.20. The van der Waals surface area contributed by atoms with Gasteiger partial charge in [-0.2, -0.15) is 9.67 Å². The Labute approximate surface area is 173 Å². The second-order valence-electron chi connectivity index (χ2n) is 7.03. The minimum absolute atomic E-state index is 0.0942. The third kappa shape index (κ3) is 4.24. The molecule has 0 aliphatic carbocycles. The number of anilines is 5. The van der Waals surface area contributed by atoms with E-state index in [2.05, 4.69) is 30.3 Å². The van der Waals surface area contributed by atoms with E-state index in [9.17, 15) is 4.79 Å². The minimum atomic E-state index is 0.0942. The van der Waals surface area contributed by atoms with Gasteiger partial charge in [0.15, 0.2) is 5.82 Å². The normalized spacial score (nSPS) is 14.4. The van der Waals surface area contributed by atoms with Gasteiger partial charge in [-0.25, -0.2) is 9.97 Å². The van der Waals surface area contributed by atoms with Crippen LogP contribution >= 0.6 is 0 Å². The summed E-state index contributed by atoms with van der Waals surface area (Å²) in [7, 11) is 0. The second-order valence-corrected chi connectivity index (χ2v) is 7.03. The number of rotatable bonds is 4. The smallest absolute Gasteiger partial charge is 0.248 e. The van der Waals surface area contributed by atoms with E-state index in [4.69, 9.17) is 11.5 Å². The largest absolute Gasteiger partial charge is 0.399 e. The molecule has 0 radical (unpaired) electrons. The summed E-state index contributed by atoms with van der Waals surface area (Å²) in [5, 5.41) is 7.51. The number of nitrogen functional groups attached to an aromatic ring is 2. The zero-order valence-electron chi connectivity index (χ0n) is 16.7. The SMILES string of the molecule is CC(=O)N1CCCN(c2cc(-n3nc(Nc4ccc(N)cc4)nc3N)ncn2)CC1. The first-order valence-electron chi connectivity index (χ1n) is 9.67. The number of aromatic nitrogens is 5. The van der Waals surface area contributed by atoms with Crippen LogP contribution in [-0.2, 0) is 4.79 Å². The third-order valence-corrected chi connectivity index (χ3v) is 4.92. The molecule has 3 aromatic rings. The lowest BCUT2D eigenvalue weighted by molar-refractivity contribution is -0.128. The van der Waals surface area contributed by atoms with Crippen LogP contribution < -0.4 is 21.7 Å². The highest BCUT2D eigenvalue weighted by molar-refractivity contribution is 5.73. The summed E-state index contributed by atoms with van der Waals surface area (Å²) in [5.41, 5.74) is 13.2. The third-order valence-electron chi connectivity index (χ3n) is 4.92. The maximum atomic E-state index is 11.7. The summed E-state index contributed by atoms with van der Waals surface area (Å²) in [6.45, 7) is 4.52. The molecule has 3 heterocycles. The molecule has 5 N–H and O–H groups in total. The Balaban J connectivity index is 1.53. The van der Waals surface area contributed by atoms with Crippen molar-refractivity contribution in [2.24, 2.45) is 0 Å². The van der Waals surface area contributed by atoms with Gasteiger partial charge in [-0.05, 0) is 30.7 Å². The number of nitrogens with one attached hydrogen (secondary N) is 1. The number of carbonyl (C=O) groups excluding carboxylic acids is 1. The van der Waals surface area contributed by atoms with Crippen molar-refractivity contribution in [3.63, 3.8) is 0 Å². The molecule has 0 bridgehead atoms. The monoisotopic (exact) mass is 408 g/mol. The Bertz CT molecular complexity index is 1030. The molecule has 30 heavy (non-hydrogen) atoms. The van der Waals surface area contributed by atoms with Crippen LogP contribution in [0.3, 0.4) is 0 Å². The van der Waals surface area contributed by atoms with Gasteiger partial charge < -0.3 is 26.6 Å². The van der Waals surface area contributed by atoms with Crippen molar-refractivity contribution in [1.29, 1.82) is 0 Å². The van der Waals surface area contributed by atoms with Crippen LogP contribution in [0, 0.1) is 0 Å². The van der Waals surface area contributed by atoms with E-state index in [1.807, 2.05) is 23.1 Å². The van der Waals surface area contributed by atoms with Gasteiger partial charge in [0.2, 0.25) is 17.8 Å². The van der Waals surface area contributed by atoms with Gasteiger partial charge in [0, 0.05) is 50.5 Å². The first kappa shape index (κ1) is 19.4. The molecule has 1 amide bonds. The van der Waals surface area contributed by atoms with E-state index < -0.39 is 0 Å². The van der Waals surface area contributed by atoms with Gasteiger partial charge >= 0.3 is 0 Å². The summed E-state index contributed by atoms with van der Waals surface area (Å²) >= 11 is 0. The Morgan fingerprint density at radius 3 is 2.57 bits per heavy atom. The summed E-state index contributed by atoms with van der Waals surface area (Å²) in [5.74, 6) is 1.92. The number of amides is 1. The predicted octanol–water partition coefficient (Wildman–Crippen LogP) is 1.02. The molecule has 4 rings (SSSR count). The summed E-state index contributed by atoms with van der Waals surface area (Å²) < 4.78 is 1.46. The molecule has 0 atom stereocenters. The number of hydrogen-bond acceptors (Lipinski definition) is 9. The van der Waals surface area contributed by atoms with Crippen molar-refractivity contribution in [2.45, 2.75) is 13.3 Å². The van der Waals surface area contributed by atoms with Crippen LogP contribution in [0.1, 0.15) is 13.3 Å². The van der Waals surface area contributed by atoms with E-state index in [0.717, 1.165) is 31.0 Å². The van der Waals surface area contributed by atoms with Crippen molar-refractivity contribution in [1.82, 2.24) is 29.6 Å². The Kier molecular flexibility index (Phi) is 5.33. The van der Waals surface area contributed by atoms with E-state index in [1.54, 1.807) is 19.1 Å². The molecule has 1 aliphatic heterocycles. The maximum Gasteiger partial charge on any atom is 0.248 e. The fraction of sp³-hybridized carbons (Fsp3) is 0.316. The first-order chi connectivity index (χ1) is 14.5. The molecular weight excluding hydrogens is 384 g/mol. The highest BCUT2D eigenvalue weighted by Gasteiger charge is 2.19. The Morgan fingerprint density at radius 1 is 1.03 bits per heavy atom. The van der Waals surface area contributed by atoms with E-state index >= 15 is 0 Å². The second kappa shape index (κ2) is 8.23. The Hall–Kier alpha value is -3.89. The molecule has 1 fully saturated rings. The van der Waals surface area contributed by atoms with Crippen LogP contribution in [0.15, 0.2) is 36.7 Å². The quantitative estimate of drug-likeness (QED) is 0.539. The molecule has 0 unspecified atom stereocenters. The zero-order valence-corrected chi connectivity index (χ0v) is 16.7. The molecular formula is C19H24N10O. The molecule has 1 aliphatic rings. The number of carbonyl (C=O) groups is 1. The summed E-state index contributed by atoms with van der Waals surface area (Å²) in [4.78, 5) is 28.6. The summed E-state index contributed by atoms with van der Waals surface area (Å²) in [6, 6.07) is 9.06. The predicted molar refractivity (Wildman–Crippen MR) is 115 cm³/mol. The molecule has 156 valence electrons. The topological polar surface area (TPSA) is 144 Å². The van der Waals surface area contributed by atoms with Crippen molar-refractivity contribution >= 4 is 35.0 Å². The van der Waals surface area contributed by atoms with Gasteiger partial charge in [0.25, 0.3) is 0 Å². The van der Waals surface area contributed by atoms with E-state index in [-0.39, 0.29) is 11.9 Å². The molecule has 1 saturated heterocycles. The summed E-state index contributed by atoms with van der Waals surface area (Å²) in [6.07, 6.45) is 2.35. The van der Waals surface area contributed by atoms with Crippen LogP contribution in [-0.4, -0.2) is 61.7 Å². The zero-order chi connectivity index (χ0) is 21.1. The van der Waals surface area contributed by atoms with Crippen LogP contribution in [0.5, 0.6) is 0 Å². The highest BCUT2D eigenvalue weighted by atomic mass is 16.2. The number of benzene rings is 1. The van der Waals surface area contributed by atoms with Crippen LogP contribution in [0.2, 0.25) is 0 Å². The minimum Gasteiger partial charge on any atom is -0.399 e. The lowest BCUT2D eigenvalue weighted by atomic mass is 10.3. The lowest BCUT2D eigenvalue weighted by Gasteiger charge is -2.22. The number of nitrogens with zero attached hydrogens (tertiary/aromatic N) is 7. The fourth-order valence-electron chi connectivity index (χ4n) is 3.33. The maximum absolute atomic E-state index is 11.7. The van der Waals surface area contributed by atoms with Gasteiger partial charge in [0.1, 0.15) is 12.1 Å². The van der Waals surface area contributed by atoms with Gasteiger partial charge in [-0.1, -0.05) is 0 Å². The molecule has 0 spiro atoms. The van der Waals surface area contributed by atoms with E-state index in [1.165, 1.54) is 11.0 Å². The molecule has 0 saturated carbocycles. The molecule has 11 heteroatoms. The average Bonchev–Trinajstić information content (AvgIpc) is 2.94. The first-order valence-corrected chi connectivity index (χ1v) is 9.67. The molecule has 11 nitrogen and oxygen atoms in total. The van der Waals surface area contributed by atoms with Gasteiger partial charge in [0.05, 0.1) is 0 Å². The van der Waals surface area contributed by atoms with Gasteiger partial charge in [-0.15, -0.1) is 5.10 Å². The van der Waals surface area contributed by atoms with Crippen LogP contribution in [0.25, 0.3) is 5.82 Å². The number of nitrogens with two attached hydrogens (primary N) is 2. The molecule has 2 aromatic heterocycles. The molecule has 1 aromatic carbocycles. The lowest BCUT2D eigenvalue weighted by Crippen LogP contribution is -2.33. The van der Waals surface area contributed by atoms with Crippen molar-refractivity contribution in [3.05, 3.63) is 36.7 Å². The van der Waals surface area contributed by atoms with Gasteiger partial charge in [-0.3, -0.25) is 4.79 Å².